The van der Waals surface area contributed by atoms with Gasteiger partial charge in [-0.25, -0.2) is 14.3 Å². The number of aromatic carboxylic acids is 2. The summed E-state index contributed by atoms with van der Waals surface area (Å²) >= 11 is 0. The Morgan fingerprint density at radius 3 is 2.55 bits per heavy atom. The van der Waals surface area contributed by atoms with Crippen molar-refractivity contribution < 1.29 is 24.9 Å². The van der Waals surface area contributed by atoms with E-state index in [1.807, 2.05) is 0 Å². The van der Waals surface area contributed by atoms with Gasteiger partial charge in [0.05, 0.1) is 28.7 Å². The summed E-state index contributed by atoms with van der Waals surface area (Å²) in [5.74, 6) is -2.70. The van der Waals surface area contributed by atoms with Crippen LogP contribution >= 0.6 is 0 Å². The summed E-state index contributed by atoms with van der Waals surface area (Å²) in [7, 11) is 0. The molecule has 1 aromatic heterocycles. The van der Waals surface area contributed by atoms with Gasteiger partial charge in [0.1, 0.15) is 0 Å². The van der Waals surface area contributed by atoms with Crippen LogP contribution in [0.15, 0.2) is 24.4 Å². The van der Waals surface area contributed by atoms with Crippen LogP contribution in [0.4, 0.5) is 0 Å². The lowest BCUT2D eigenvalue weighted by molar-refractivity contribution is 0.0651. The maximum Gasteiger partial charge on any atom is 0.338 e. The lowest BCUT2D eigenvalue weighted by Gasteiger charge is -2.07. The fourth-order valence-electron chi connectivity index (χ4n) is 1.78. The fourth-order valence-corrected chi connectivity index (χ4v) is 1.78. The second-order valence-corrected chi connectivity index (χ2v) is 3.94. The van der Waals surface area contributed by atoms with Crippen molar-refractivity contribution in [3.8, 4) is 5.69 Å². The number of aromatic nitrogens is 3. The molecule has 0 bridgehead atoms. The van der Waals surface area contributed by atoms with Crippen molar-refractivity contribution in [1.29, 1.82) is 0 Å². The maximum absolute atomic E-state index is 11.3. The highest BCUT2D eigenvalue weighted by Gasteiger charge is 2.21. The van der Waals surface area contributed by atoms with Gasteiger partial charge in [0.25, 0.3) is 0 Å². The van der Waals surface area contributed by atoms with Gasteiger partial charge in [-0.15, -0.1) is 5.10 Å². The van der Waals surface area contributed by atoms with E-state index in [4.69, 9.17) is 10.2 Å². The van der Waals surface area contributed by atoms with Gasteiger partial charge in [0.15, 0.2) is 0 Å². The first-order chi connectivity index (χ1) is 9.54. The number of aliphatic hydroxyl groups excluding tert-OH is 1. The van der Waals surface area contributed by atoms with Gasteiger partial charge in [-0.2, -0.15) is 0 Å². The number of hydrogen-bond acceptors (Lipinski definition) is 5. The second kappa shape index (κ2) is 5.49. The van der Waals surface area contributed by atoms with Crippen molar-refractivity contribution in [2.45, 2.75) is 6.42 Å². The van der Waals surface area contributed by atoms with Gasteiger partial charge in [0, 0.05) is 13.0 Å². The average molecular weight is 277 g/mol. The van der Waals surface area contributed by atoms with Crippen LogP contribution in [-0.2, 0) is 6.42 Å². The molecule has 0 saturated carbocycles. The summed E-state index contributed by atoms with van der Waals surface area (Å²) in [6.07, 6.45) is 1.73. The van der Waals surface area contributed by atoms with E-state index in [2.05, 4.69) is 10.3 Å². The van der Waals surface area contributed by atoms with E-state index >= 15 is 0 Å². The molecule has 3 N–H and O–H groups in total. The highest BCUT2D eigenvalue weighted by molar-refractivity contribution is 6.04. The Kier molecular flexibility index (Phi) is 3.76. The van der Waals surface area contributed by atoms with Crippen LogP contribution in [0.1, 0.15) is 26.4 Å². The van der Waals surface area contributed by atoms with Crippen LogP contribution in [0, 0.1) is 0 Å². The molecule has 0 atom stereocenters. The lowest BCUT2D eigenvalue weighted by Crippen LogP contribution is -2.13. The molecule has 2 aromatic rings. The molecule has 0 amide bonds. The van der Waals surface area contributed by atoms with Crippen molar-refractivity contribution in [2.24, 2.45) is 0 Å². The SMILES string of the molecule is O=C(O)c1cccc(-n2cc(CCO)nn2)c1C(=O)O. The Morgan fingerprint density at radius 1 is 1.20 bits per heavy atom. The number of hydrogen-bond donors (Lipinski definition) is 3. The topological polar surface area (TPSA) is 126 Å². The van der Waals surface area contributed by atoms with E-state index in [-0.39, 0.29) is 29.8 Å². The molecule has 0 spiro atoms. The number of carbonyl (C=O) groups is 2. The van der Waals surface area contributed by atoms with Gasteiger partial charge in [-0.3, -0.25) is 0 Å². The molecule has 8 heteroatoms. The molecular weight excluding hydrogens is 266 g/mol. The van der Waals surface area contributed by atoms with Crippen LogP contribution in [0.25, 0.3) is 5.69 Å². The molecule has 0 fully saturated rings. The average Bonchev–Trinajstić information content (AvgIpc) is 2.86. The molecule has 0 aliphatic heterocycles. The molecule has 0 saturated heterocycles. The summed E-state index contributed by atoms with van der Waals surface area (Å²) in [4.78, 5) is 22.4. The maximum atomic E-state index is 11.3. The molecule has 1 heterocycles. The molecule has 20 heavy (non-hydrogen) atoms. The molecule has 8 nitrogen and oxygen atoms in total. The van der Waals surface area contributed by atoms with Crippen molar-refractivity contribution in [3.63, 3.8) is 0 Å². The van der Waals surface area contributed by atoms with Gasteiger partial charge < -0.3 is 15.3 Å². The first-order valence-electron chi connectivity index (χ1n) is 5.66. The van der Waals surface area contributed by atoms with E-state index in [0.717, 1.165) is 0 Å². The number of carboxylic acid groups (broad SMARTS) is 2. The molecule has 0 aliphatic carbocycles. The summed E-state index contributed by atoms with van der Waals surface area (Å²) in [6, 6.07) is 4.08. The first-order valence-corrected chi connectivity index (χ1v) is 5.66. The van der Waals surface area contributed by atoms with Crippen LogP contribution in [0.2, 0.25) is 0 Å². The summed E-state index contributed by atoms with van der Waals surface area (Å²) in [5.41, 5.74) is -0.103. The Labute approximate surface area is 112 Å². The number of carboxylic acids is 2. The first kappa shape index (κ1) is 13.7. The minimum Gasteiger partial charge on any atom is -0.478 e. The minimum absolute atomic E-state index is 0.106. The number of rotatable bonds is 5. The van der Waals surface area contributed by atoms with Crippen molar-refractivity contribution in [3.05, 3.63) is 41.2 Å². The third-order valence-electron chi connectivity index (χ3n) is 2.64. The fraction of sp³-hybridized carbons (Fsp3) is 0.167. The zero-order valence-corrected chi connectivity index (χ0v) is 10.2. The molecule has 0 unspecified atom stereocenters. The smallest absolute Gasteiger partial charge is 0.338 e. The summed E-state index contributed by atoms with van der Waals surface area (Å²) < 4.78 is 1.18. The van der Waals surface area contributed by atoms with E-state index < -0.39 is 11.9 Å². The molecule has 1 aromatic carbocycles. The third-order valence-corrected chi connectivity index (χ3v) is 2.64. The van der Waals surface area contributed by atoms with Gasteiger partial charge >= 0.3 is 11.9 Å². The predicted octanol–water partition coefficient (Wildman–Crippen LogP) is 0.198. The monoisotopic (exact) mass is 277 g/mol. The van der Waals surface area contributed by atoms with Gasteiger partial charge in [-0.1, -0.05) is 11.3 Å². The summed E-state index contributed by atoms with van der Waals surface area (Å²) in [6.45, 7) is -0.111. The van der Waals surface area contributed by atoms with Crippen LogP contribution < -0.4 is 0 Å². The van der Waals surface area contributed by atoms with E-state index in [1.165, 1.54) is 29.1 Å². The highest BCUT2D eigenvalue weighted by Crippen LogP contribution is 2.19. The number of aliphatic hydroxyl groups is 1. The van der Waals surface area contributed by atoms with E-state index in [1.54, 1.807) is 0 Å². The van der Waals surface area contributed by atoms with Crippen LogP contribution in [0.3, 0.4) is 0 Å². The third kappa shape index (κ3) is 2.50. The minimum atomic E-state index is -1.36. The Bertz CT molecular complexity index is 665. The van der Waals surface area contributed by atoms with Crippen LogP contribution in [-0.4, -0.2) is 48.9 Å². The second-order valence-electron chi connectivity index (χ2n) is 3.94. The van der Waals surface area contributed by atoms with E-state index in [0.29, 0.717) is 5.69 Å². The van der Waals surface area contributed by atoms with E-state index in [9.17, 15) is 14.7 Å². The zero-order valence-electron chi connectivity index (χ0n) is 10.2. The highest BCUT2D eigenvalue weighted by atomic mass is 16.4. The standard InChI is InChI=1S/C12H11N3O5/c16-5-4-7-6-15(14-13-7)9-3-1-2-8(11(17)18)10(9)12(19)20/h1-3,6,16H,4-5H2,(H,17,18)(H,19,20). The number of nitrogens with zero attached hydrogens (tertiary/aromatic N) is 3. The number of benzene rings is 1. The van der Waals surface area contributed by atoms with Crippen LogP contribution in [0.5, 0.6) is 0 Å². The largest absolute Gasteiger partial charge is 0.478 e. The zero-order chi connectivity index (χ0) is 14.7. The van der Waals surface area contributed by atoms with Crippen molar-refractivity contribution in [2.75, 3.05) is 6.61 Å². The normalized spacial score (nSPS) is 10.4. The van der Waals surface area contributed by atoms with Crippen molar-refractivity contribution >= 4 is 11.9 Å². The molecule has 0 aliphatic rings. The summed E-state index contributed by atoms with van der Waals surface area (Å²) in [5, 5.41) is 34.6. The molecule has 0 radical (unpaired) electrons. The van der Waals surface area contributed by atoms with Crippen molar-refractivity contribution in [1.82, 2.24) is 15.0 Å². The Morgan fingerprint density at radius 2 is 1.95 bits per heavy atom. The Hall–Kier alpha value is -2.74. The molecule has 104 valence electrons. The quantitative estimate of drug-likeness (QED) is 0.712. The lowest BCUT2D eigenvalue weighted by atomic mass is 10.1. The van der Waals surface area contributed by atoms with Gasteiger partial charge in [-0.05, 0) is 12.1 Å². The molecule has 2 rings (SSSR count). The predicted molar refractivity (Wildman–Crippen MR) is 66.1 cm³/mol. The van der Waals surface area contributed by atoms with Gasteiger partial charge in [0.2, 0.25) is 0 Å². The molecular formula is C12H11N3O5. The Balaban J connectivity index is 2.57.